The second-order valence-corrected chi connectivity index (χ2v) is 5.26. The van der Waals surface area contributed by atoms with Crippen molar-refractivity contribution >= 4 is 28.7 Å². The Bertz CT molecular complexity index is 641. The number of benzene rings is 1. The number of nitrogens with zero attached hydrogens (tertiary/aromatic N) is 3. The number of urea groups is 1. The average molecular weight is 313 g/mol. The third-order valence-corrected chi connectivity index (χ3v) is 3.31. The number of hydrogen-bond acceptors (Lipinski definition) is 2. The van der Waals surface area contributed by atoms with Gasteiger partial charge in [-0.25, -0.2) is 14.2 Å². The molecule has 7 heteroatoms. The minimum absolute atomic E-state index is 0.163. The van der Waals surface area contributed by atoms with Crippen LogP contribution < -0.4 is 5.32 Å². The zero-order chi connectivity index (χ0) is 15.4. The molecular weight excluding hydrogens is 295 g/mol. The van der Waals surface area contributed by atoms with Crippen molar-refractivity contribution in [3.63, 3.8) is 0 Å². The van der Waals surface area contributed by atoms with E-state index in [1.807, 2.05) is 4.57 Å². The van der Waals surface area contributed by atoms with Gasteiger partial charge in [0, 0.05) is 39.5 Å². The number of carbonyl (C=O) groups is 1. The maximum Gasteiger partial charge on any atom is 0.316 e. The summed E-state index contributed by atoms with van der Waals surface area (Å²) in [6.07, 6.45) is 0.597. The molecule has 2 aromatic rings. The molecule has 114 valence electrons. The fraction of sp³-hybridized carbons (Fsp3) is 0.429. The Morgan fingerprint density at radius 2 is 2.24 bits per heavy atom. The molecule has 0 atom stereocenters. The number of fused-ring (bicyclic) bond motifs is 1. The number of aromatic nitrogens is 2. The highest BCUT2D eigenvalue weighted by molar-refractivity contribution is 6.17. The molecule has 0 saturated heterocycles. The number of carbonyl (C=O) groups excluding carboxylic acids is 1. The molecule has 1 aromatic carbocycles. The van der Waals surface area contributed by atoms with Crippen LogP contribution >= 0.6 is 11.6 Å². The smallest absolute Gasteiger partial charge is 0.316 e. The van der Waals surface area contributed by atoms with Gasteiger partial charge in [0.05, 0.1) is 11.0 Å². The second-order valence-electron chi connectivity index (χ2n) is 4.88. The molecule has 0 radical (unpaired) electrons. The average Bonchev–Trinajstić information content (AvgIpc) is 2.76. The molecule has 5 nitrogen and oxygen atoms in total. The first-order valence-corrected chi connectivity index (χ1v) is 7.22. The van der Waals surface area contributed by atoms with E-state index in [0.717, 1.165) is 11.3 Å². The van der Waals surface area contributed by atoms with Crippen molar-refractivity contribution in [1.29, 1.82) is 0 Å². The lowest BCUT2D eigenvalue weighted by molar-refractivity contribution is 0.217. The Morgan fingerprint density at radius 1 is 1.48 bits per heavy atom. The summed E-state index contributed by atoms with van der Waals surface area (Å²) in [5.41, 5.74) is 1.45. The van der Waals surface area contributed by atoms with E-state index in [1.54, 1.807) is 20.2 Å². The number of imidazole rings is 1. The van der Waals surface area contributed by atoms with Crippen LogP contribution in [-0.2, 0) is 13.0 Å². The lowest BCUT2D eigenvalue weighted by Gasteiger charge is -2.13. The molecule has 2 rings (SSSR count). The van der Waals surface area contributed by atoms with Crippen LogP contribution in [0.3, 0.4) is 0 Å². The highest BCUT2D eigenvalue weighted by Crippen LogP contribution is 2.18. The molecule has 0 aliphatic heterocycles. The van der Waals surface area contributed by atoms with Gasteiger partial charge in [0.2, 0.25) is 0 Å². The molecule has 0 unspecified atom stereocenters. The molecule has 0 spiro atoms. The highest BCUT2D eigenvalue weighted by Gasteiger charge is 2.11. The number of aryl methyl sites for hydroxylation is 1. The predicted octanol–water partition coefficient (Wildman–Crippen LogP) is 2.23. The van der Waals surface area contributed by atoms with Gasteiger partial charge in [-0.3, -0.25) is 0 Å². The van der Waals surface area contributed by atoms with Gasteiger partial charge in [-0.05, 0) is 18.2 Å². The summed E-state index contributed by atoms with van der Waals surface area (Å²) in [4.78, 5) is 17.4. The van der Waals surface area contributed by atoms with Crippen LogP contribution in [0.2, 0.25) is 0 Å². The van der Waals surface area contributed by atoms with Crippen LogP contribution in [-0.4, -0.2) is 47.0 Å². The van der Waals surface area contributed by atoms with E-state index in [-0.39, 0.29) is 11.8 Å². The summed E-state index contributed by atoms with van der Waals surface area (Å²) in [5.74, 6) is 0.929. The van der Waals surface area contributed by atoms with Crippen LogP contribution in [0.25, 0.3) is 11.0 Å². The summed E-state index contributed by atoms with van der Waals surface area (Å²) in [6, 6.07) is 4.33. The Hall–Kier alpha value is -1.82. The summed E-state index contributed by atoms with van der Waals surface area (Å²) < 4.78 is 15.3. The predicted molar refractivity (Wildman–Crippen MR) is 81.2 cm³/mol. The molecule has 0 fully saturated rings. The fourth-order valence-electron chi connectivity index (χ4n) is 2.10. The van der Waals surface area contributed by atoms with Crippen LogP contribution in [0, 0.1) is 5.82 Å². The minimum Gasteiger partial charge on any atom is -0.336 e. The first-order valence-electron chi connectivity index (χ1n) is 6.68. The number of alkyl halides is 1. The molecule has 0 bridgehead atoms. The van der Waals surface area contributed by atoms with Crippen molar-refractivity contribution in [2.75, 3.05) is 26.5 Å². The standard InChI is InChI=1S/C14H18ClFN4O/c1-19(2)14(21)17-7-8-20-12-9-10(16)3-4-11(12)18-13(20)5-6-15/h3-4,9H,5-8H2,1-2H3,(H,17,21). The molecule has 21 heavy (non-hydrogen) atoms. The molecular formula is C14H18ClFN4O. The van der Waals surface area contributed by atoms with Gasteiger partial charge in [0.25, 0.3) is 0 Å². The van der Waals surface area contributed by atoms with Gasteiger partial charge >= 0.3 is 6.03 Å². The monoisotopic (exact) mass is 312 g/mol. The zero-order valence-electron chi connectivity index (χ0n) is 12.1. The van der Waals surface area contributed by atoms with Gasteiger partial charge in [-0.1, -0.05) is 0 Å². The maximum absolute atomic E-state index is 13.4. The minimum atomic E-state index is -0.307. The van der Waals surface area contributed by atoms with Gasteiger partial charge in [-0.2, -0.15) is 0 Å². The van der Waals surface area contributed by atoms with Gasteiger partial charge in [0.15, 0.2) is 0 Å². The van der Waals surface area contributed by atoms with Gasteiger partial charge in [0.1, 0.15) is 11.6 Å². The van der Waals surface area contributed by atoms with Crippen molar-refractivity contribution < 1.29 is 9.18 Å². The van der Waals surface area contributed by atoms with E-state index in [1.165, 1.54) is 17.0 Å². The number of hydrogen-bond donors (Lipinski definition) is 1. The van der Waals surface area contributed by atoms with Crippen molar-refractivity contribution in [1.82, 2.24) is 19.8 Å². The zero-order valence-corrected chi connectivity index (χ0v) is 12.8. The first kappa shape index (κ1) is 15.6. The van der Waals surface area contributed by atoms with E-state index in [4.69, 9.17) is 11.6 Å². The highest BCUT2D eigenvalue weighted by atomic mass is 35.5. The Labute approximate surface area is 127 Å². The van der Waals surface area contributed by atoms with E-state index < -0.39 is 0 Å². The van der Waals surface area contributed by atoms with Crippen LogP contribution in [0.4, 0.5) is 9.18 Å². The molecule has 1 aromatic heterocycles. The molecule has 1 N–H and O–H groups in total. The van der Waals surface area contributed by atoms with Crippen LogP contribution in [0.1, 0.15) is 5.82 Å². The van der Waals surface area contributed by atoms with Crippen molar-refractivity contribution in [3.8, 4) is 0 Å². The molecule has 0 aliphatic carbocycles. The van der Waals surface area contributed by atoms with Crippen LogP contribution in [0.15, 0.2) is 18.2 Å². The molecule has 1 heterocycles. The molecule has 0 aliphatic rings. The number of rotatable bonds is 5. The number of amides is 2. The van der Waals surface area contributed by atoms with E-state index in [9.17, 15) is 9.18 Å². The van der Waals surface area contributed by atoms with Gasteiger partial charge < -0.3 is 14.8 Å². The lowest BCUT2D eigenvalue weighted by Crippen LogP contribution is -2.36. The normalized spacial score (nSPS) is 10.9. The fourth-order valence-corrected chi connectivity index (χ4v) is 2.27. The third kappa shape index (κ3) is 3.64. The summed E-state index contributed by atoms with van der Waals surface area (Å²) >= 11 is 5.79. The van der Waals surface area contributed by atoms with Crippen LogP contribution in [0.5, 0.6) is 0 Å². The maximum atomic E-state index is 13.4. The van der Waals surface area contributed by atoms with Crippen molar-refractivity contribution in [3.05, 3.63) is 29.8 Å². The van der Waals surface area contributed by atoms with E-state index in [0.29, 0.717) is 30.9 Å². The largest absolute Gasteiger partial charge is 0.336 e. The van der Waals surface area contributed by atoms with E-state index in [2.05, 4.69) is 10.3 Å². The first-order chi connectivity index (χ1) is 10.0. The molecule has 0 saturated carbocycles. The number of nitrogens with one attached hydrogen (secondary N) is 1. The Kier molecular flexibility index (Phi) is 5.01. The summed E-state index contributed by atoms with van der Waals surface area (Å²) in [5, 5.41) is 2.78. The second kappa shape index (κ2) is 6.76. The summed E-state index contributed by atoms with van der Waals surface area (Å²) in [6.45, 7) is 0.958. The van der Waals surface area contributed by atoms with E-state index >= 15 is 0 Å². The van der Waals surface area contributed by atoms with Crippen molar-refractivity contribution in [2.45, 2.75) is 13.0 Å². The Morgan fingerprint density at radius 3 is 2.90 bits per heavy atom. The third-order valence-electron chi connectivity index (χ3n) is 3.13. The lowest BCUT2D eigenvalue weighted by atomic mass is 10.3. The van der Waals surface area contributed by atoms with Gasteiger partial charge in [-0.15, -0.1) is 11.6 Å². The Balaban J connectivity index is 2.21. The quantitative estimate of drug-likeness (QED) is 0.861. The topological polar surface area (TPSA) is 50.2 Å². The number of halogens is 2. The van der Waals surface area contributed by atoms with Crippen molar-refractivity contribution in [2.24, 2.45) is 0 Å². The molecule has 2 amide bonds. The summed E-state index contributed by atoms with van der Waals surface area (Å²) in [7, 11) is 3.35. The SMILES string of the molecule is CN(C)C(=O)NCCn1c(CCCl)nc2ccc(F)cc21.